The van der Waals surface area contributed by atoms with E-state index in [2.05, 4.69) is 6.58 Å². The zero-order valence-electron chi connectivity index (χ0n) is 15.5. The van der Waals surface area contributed by atoms with Crippen molar-refractivity contribution in [3.63, 3.8) is 0 Å². The number of imide groups is 1. The average Bonchev–Trinajstić information content (AvgIpc) is 3.25. The molecule has 28 heavy (non-hydrogen) atoms. The van der Waals surface area contributed by atoms with Crippen LogP contribution in [0.3, 0.4) is 0 Å². The number of amides is 2. The van der Waals surface area contributed by atoms with Crippen molar-refractivity contribution in [1.82, 2.24) is 4.90 Å². The number of carbonyl (C=O) groups is 2. The van der Waals surface area contributed by atoms with E-state index in [1.54, 1.807) is 0 Å². The summed E-state index contributed by atoms with van der Waals surface area (Å²) in [5.41, 5.74) is 3.16. The van der Waals surface area contributed by atoms with E-state index in [4.69, 9.17) is 16.3 Å². The zero-order chi connectivity index (χ0) is 19.7. The van der Waals surface area contributed by atoms with Crippen LogP contribution in [0.5, 0.6) is 0 Å². The normalized spacial score (nSPS) is 24.5. The molecule has 0 bridgehead atoms. The SMILES string of the molecule is C=C1C[C@H](c2ccc(Cl)cc2)[C@H](C(=O)N2C(=O)OC[C@@H]2Cc2ccccc2)C1. The van der Waals surface area contributed by atoms with Crippen LogP contribution in [-0.2, 0) is 16.0 Å². The number of allylic oxidation sites excluding steroid dienone is 1. The molecule has 1 aliphatic carbocycles. The molecular formula is C23H22ClNO3. The van der Waals surface area contributed by atoms with Gasteiger partial charge < -0.3 is 4.74 Å². The van der Waals surface area contributed by atoms with E-state index in [-0.39, 0.29) is 30.4 Å². The van der Waals surface area contributed by atoms with Crippen molar-refractivity contribution in [2.75, 3.05) is 6.61 Å². The summed E-state index contributed by atoms with van der Waals surface area (Å²) in [6.45, 7) is 4.33. The summed E-state index contributed by atoms with van der Waals surface area (Å²) in [5.74, 6) is -0.470. The highest BCUT2D eigenvalue weighted by Crippen LogP contribution is 2.44. The van der Waals surface area contributed by atoms with E-state index in [1.807, 2.05) is 54.6 Å². The summed E-state index contributed by atoms with van der Waals surface area (Å²) in [5, 5.41) is 0.662. The molecule has 1 aliphatic heterocycles. The lowest BCUT2D eigenvalue weighted by Gasteiger charge is -2.26. The number of cyclic esters (lactones) is 1. The van der Waals surface area contributed by atoms with Gasteiger partial charge in [0, 0.05) is 10.9 Å². The lowest BCUT2D eigenvalue weighted by molar-refractivity contribution is -0.133. The van der Waals surface area contributed by atoms with Crippen molar-refractivity contribution in [3.05, 3.63) is 82.9 Å². The van der Waals surface area contributed by atoms with Crippen LogP contribution in [0.2, 0.25) is 5.02 Å². The van der Waals surface area contributed by atoms with E-state index in [9.17, 15) is 9.59 Å². The maximum absolute atomic E-state index is 13.4. The van der Waals surface area contributed by atoms with E-state index < -0.39 is 6.09 Å². The van der Waals surface area contributed by atoms with Crippen LogP contribution in [0.4, 0.5) is 4.79 Å². The molecule has 5 heteroatoms. The summed E-state index contributed by atoms with van der Waals surface area (Å²) < 4.78 is 5.24. The van der Waals surface area contributed by atoms with Crippen LogP contribution < -0.4 is 0 Å². The number of hydrogen-bond donors (Lipinski definition) is 0. The van der Waals surface area contributed by atoms with E-state index in [0.29, 0.717) is 17.9 Å². The molecule has 3 atom stereocenters. The quantitative estimate of drug-likeness (QED) is 0.686. The second kappa shape index (κ2) is 7.80. The number of benzene rings is 2. The number of halogens is 1. The molecule has 0 aromatic heterocycles. The fraction of sp³-hybridized carbons (Fsp3) is 0.304. The first-order valence-corrected chi connectivity index (χ1v) is 9.86. The predicted molar refractivity (Wildman–Crippen MR) is 108 cm³/mol. The monoisotopic (exact) mass is 395 g/mol. The van der Waals surface area contributed by atoms with Gasteiger partial charge in [-0.1, -0.05) is 66.2 Å². The van der Waals surface area contributed by atoms with Crippen molar-refractivity contribution < 1.29 is 14.3 Å². The fourth-order valence-electron chi connectivity index (χ4n) is 4.25. The molecule has 2 aliphatic rings. The first kappa shape index (κ1) is 18.8. The zero-order valence-corrected chi connectivity index (χ0v) is 16.3. The van der Waals surface area contributed by atoms with Gasteiger partial charge in [-0.25, -0.2) is 9.69 Å². The van der Waals surface area contributed by atoms with Gasteiger partial charge in [-0.2, -0.15) is 0 Å². The summed E-state index contributed by atoms with van der Waals surface area (Å²) in [7, 11) is 0. The molecule has 2 fully saturated rings. The highest BCUT2D eigenvalue weighted by atomic mass is 35.5. The molecule has 0 spiro atoms. The minimum atomic E-state index is -0.543. The Bertz CT molecular complexity index is 894. The Hall–Kier alpha value is -2.59. The van der Waals surface area contributed by atoms with Crippen molar-refractivity contribution in [2.24, 2.45) is 5.92 Å². The van der Waals surface area contributed by atoms with Crippen LogP contribution in [-0.4, -0.2) is 29.5 Å². The minimum Gasteiger partial charge on any atom is -0.447 e. The number of ether oxygens (including phenoxy) is 1. The van der Waals surface area contributed by atoms with Crippen LogP contribution in [0.1, 0.15) is 29.9 Å². The highest BCUT2D eigenvalue weighted by molar-refractivity contribution is 6.30. The first-order chi connectivity index (χ1) is 13.5. The maximum Gasteiger partial charge on any atom is 0.416 e. The minimum absolute atomic E-state index is 0.00282. The average molecular weight is 396 g/mol. The third kappa shape index (κ3) is 3.69. The molecule has 1 heterocycles. The molecule has 0 N–H and O–H groups in total. The van der Waals surface area contributed by atoms with Gasteiger partial charge in [0.25, 0.3) is 0 Å². The molecule has 4 rings (SSSR count). The Balaban J connectivity index is 1.57. The summed E-state index contributed by atoms with van der Waals surface area (Å²) >= 11 is 6.01. The van der Waals surface area contributed by atoms with E-state index >= 15 is 0 Å². The summed E-state index contributed by atoms with van der Waals surface area (Å²) in [6.07, 6.45) is 1.38. The molecule has 2 aromatic rings. The highest BCUT2D eigenvalue weighted by Gasteiger charge is 2.45. The number of carbonyl (C=O) groups excluding carboxylic acids is 2. The molecular weight excluding hydrogens is 374 g/mol. The molecule has 4 nitrogen and oxygen atoms in total. The van der Waals surface area contributed by atoms with Gasteiger partial charge in [-0.3, -0.25) is 4.79 Å². The smallest absolute Gasteiger partial charge is 0.416 e. The standard InChI is InChI=1S/C23H22ClNO3/c1-15-11-20(17-7-9-18(24)10-8-17)21(12-15)22(26)25-19(14-28-23(25)27)13-16-5-3-2-4-6-16/h2-10,19-21H,1,11-14H2/t19-,20+,21+/m0/s1. The predicted octanol–water partition coefficient (Wildman–Crippen LogP) is 4.98. The Morgan fingerprint density at radius 2 is 1.82 bits per heavy atom. The first-order valence-electron chi connectivity index (χ1n) is 9.49. The topological polar surface area (TPSA) is 46.6 Å². The summed E-state index contributed by atoms with van der Waals surface area (Å²) in [4.78, 5) is 27.1. The Morgan fingerprint density at radius 1 is 1.11 bits per heavy atom. The van der Waals surface area contributed by atoms with Gasteiger partial charge in [0.2, 0.25) is 5.91 Å². The molecule has 1 saturated heterocycles. The third-order valence-corrected chi connectivity index (χ3v) is 5.88. The molecule has 1 saturated carbocycles. The van der Waals surface area contributed by atoms with Crippen LogP contribution in [0, 0.1) is 5.92 Å². The molecule has 144 valence electrons. The van der Waals surface area contributed by atoms with E-state index in [1.165, 1.54) is 4.90 Å². The van der Waals surface area contributed by atoms with Crippen molar-refractivity contribution in [2.45, 2.75) is 31.2 Å². The largest absolute Gasteiger partial charge is 0.447 e. The Morgan fingerprint density at radius 3 is 2.54 bits per heavy atom. The van der Waals surface area contributed by atoms with Crippen LogP contribution >= 0.6 is 11.6 Å². The van der Waals surface area contributed by atoms with E-state index in [0.717, 1.165) is 23.1 Å². The second-order valence-electron chi connectivity index (χ2n) is 7.55. The summed E-state index contributed by atoms with van der Waals surface area (Å²) in [6, 6.07) is 17.2. The van der Waals surface area contributed by atoms with Gasteiger partial charge in [0.1, 0.15) is 6.61 Å². The Kier molecular flexibility index (Phi) is 5.23. The molecule has 0 unspecified atom stereocenters. The molecule has 2 amide bonds. The van der Waals surface area contributed by atoms with Crippen LogP contribution in [0.15, 0.2) is 66.7 Å². The van der Waals surface area contributed by atoms with Gasteiger partial charge in [0.15, 0.2) is 0 Å². The lowest BCUT2D eigenvalue weighted by atomic mass is 9.87. The second-order valence-corrected chi connectivity index (χ2v) is 7.99. The third-order valence-electron chi connectivity index (χ3n) is 5.63. The van der Waals surface area contributed by atoms with Gasteiger partial charge in [-0.05, 0) is 48.4 Å². The number of rotatable bonds is 4. The molecule has 2 aromatic carbocycles. The van der Waals surface area contributed by atoms with Crippen molar-refractivity contribution >= 4 is 23.6 Å². The van der Waals surface area contributed by atoms with Crippen molar-refractivity contribution in [1.29, 1.82) is 0 Å². The number of hydrogen-bond acceptors (Lipinski definition) is 3. The van der Waals surface area contributed by atoms with Gasteiger partial charge in [0.05, 0.1) is 6.04 Å². The van der Waals surface area contributed by atoms with Crippen LogP contribution in [0.25, 0.3) is 0 Å². The number of nitrogens with zero attached hydrogens (tertiary/aromatic N) is 1. The van der Waals surface area contributed by atoms with Crippen molar-refractivity contribution in [3.8, 4) is 0 Å². The lowest BCUT2D eigenvalue weighted by Crippen LogP contribution is -2.44. The molecule has 0 radical (unpaired) electrons. The fourth-order valence-corrected chi connectivity index (χ4v) is 4.38. The van der Waals surface area contributed by atoms with Gasteiger partial charge in [-0.15, -0.1) is 0 Å². The Labute approximate surface area is 169 Å². The maximum atomic E-state index is 13.4. The van der Waals surface area contributed by atoms with Gasteiger partial charge >= 0.3 is 6.09 Å².